The lowest BCUT2D eigenvalue weighted by molar-refractivity contribution is -0.161. The summed E-state index contributed by atoms with van der Waals surface area (Å²) >= 11 is 0. The van der Waals surface area contributed by atoms with Crippen molar-refractivity contribution in [3.63, 3.8) is 0 Å². The van der Waals surface area contributed by atoms with Gasteiger partial charge in [-0.15, -0.1) is 0 Å². The molecule has 0 spiro atoms. The van der Waals surface area contributed by atoms with Crippen LogP contribution in [0.4, 0.5) is 0 Å². The normalized spacial score (nSPS) is 14.5. The van der Waals surface area contributed by atoms with Gasteiger partial charge >= 0.3 is 39.5 Å². The zero-order chi connectivity index (χ0) is 65.9. The standard InChI is InChI=1S/C70H136O17P2/c1-8-10-11-34-44-51-67(72)80-57-65(86-70(75)54-47-40-33-27-26-29-36-42-49-62(5)6)59-84-88(76,77)82-55-64(71)56-83-89(78,79)85-60-66(58-81-68(73)52-45-38-31-24-21-20-23-30-37-43-50-63(7)9-2)87-69(74)53-46-39-32-25-19-17-15-13-12-14-16-18-22-28-35-41-48-61(3)4/h61-66,71H,8-60H2,1-7H3,(H,76,77)(H,78,79)/t63?,64-,65+,66+/m0/s1. The van der Waals surface area contributed by atoms with E-state index in [-0.39, 0.29) is 25.7 Å². The fourth-order valence-corrected chi connectivity index (χ4v) is 12.1. The minimum atomic E-state index is -4.95. The Labute approximate surface area is 543 Å². The van der Waals surface area contributed by atoms with Gasteiger partial charge in [0.1, 0.15) is 19.3 Å². The Morgan fingerprint density at radius 3 is 0.854 bits per heavy atom. The van der Waals surface area contributed by atoms with Crippen molar-refractivity contribution >= 4 is 39.5 Å². The molecule has 3 N–H and O–H groups in total. The topological polar surface area (TPSA) is 237 Å². The zero-order valence-electron chi connectivity index (χ0n) is 57.9. The first-order chi connectivity index (χ1) is 42.8. The third-order valence-electron chi connectivity index (χ3n) is 16.5. The molecule has 0 aliphatic carbocycles. The minimum absolute atomic E-state index is 0.103. The van der Waals surface area contributed by atoms with Crippen molar-refractivity contribution in [3.05, 3.63) is 0 Å². The van der Waals surface area contributed by atoms with Crippen LogP contribution in [0.1, 0.15) is 350 Å². The summed E-state index contributed by atoms with van der Waals surface area (Å²) in [5.41, 5.74) is 0. The van der Waals surface area contributed by atoms with Crippen molar-refractivity contribution in [3.8, 4) is 0 Å². The molecule has 0 radical (unpaired) electrons. The average Bonchev–Trinajstić information content (AvgIpc) is 3.58. The number of phosphoric acid groups is 2. The summed E-state index contributed by atoms with van der Waals surface area (Å²) in [4.78, 5) is 72.2. The number of ether oxygens (including phenoxy) is 4. The molecule has 0 bridgehead atoms. The van der Waals surface area contributed by atoms with Crippen LogP contribution in [0.5, 0.6) is 0 Å². The molecule has 17 nitrogen and oxygen atoms in total. The smallest absolute Gasteiger partial charge is 0.462 e. The molecular weight excluding hydrogens is 1170 g/mol. The van der Waals surface area contributed by atoms with Crippen LogP contribution in [0, 0.1) is 17.8 Å². The molecule has 0 saturated heterocycles. The number of aliphatic hydroxyl groups is 1. The van der Waals surface area contributed by atoms with Crippen LogP contribution >= 0.6 is 15.6 Å². The second-order valence-corrected chi connectivity index (χ2v) is 29.4. The van der Waals surface area contributed by atoms with E-state index in [2.05, 4.69) is 48.5 Å². The number of aliphatic hydroxyl groups excluding tert-OH is 1. The highest BCUT2D eigenvalue weighted by atomic mass is 31.2. The summed E-state index contributed by atoms with van der Waals surface area (Å²) in [6.07, 6.45) is 44.8. The lowest BCUT2D eigenvalue weighted by atomic mass is 9.99. The van der Waals surface area contributed by atoms with E-state index in [4.69, 9.17) is 37.0 Å². The van der Waals surface area contributed by atoms with Gasteiger partial charge in [-0.3, -0.25) is 37.3 Å². The average molecular weight is 1310 g/mol. The molecule has 0 aromatic carbocycles. The van der Waals surface area contributed by atoms with E-state index in [0.717, 1.165) is 114 Å². The Bertz CT molecular complexity index is 1750. The molecule has 89 heavy (non-hydrogen) atoms. The van der Waals surface area contributed by atoms with Crippen LogP contribution in [0.3, 0.4) is 0 Å². The van der Waals surface area contributed by atoms with Gasteiger partial charge in [-0.2, -0.15) is 0 Å². The first kappa shape index (κ1) is 87.1. The highest BCUT2D eigenvalue weighted by Gasteiger charge is 2.30. The van der Waals surface area contributed by atoms with Crippen LogP contribution in [-0.4, -0.2) is 96.7 Å². The van der Waals surface area contributed by atoms with E-state index in [9.17, 15) is 43.2 Å². The highest BCUT2D eigenvalue weighted by molar-refractivity contribution is 7.47. The molecular formula is C70H136O17P2. The summed E-state index contributed by atoms with van der Waals surface area (Å²) in [6, 6.07) is 0. The molecule has 0 aromatic heterocycles. The van der Waals surface area contributed by atoms with E-state index in [1.807, 2.05) is 0 Å². The summed E-state index contributed by atoms with van der Waals surface area (Å²) < 4.78 is 68.1. The minimum Gasteiger partial charge on any atom is -0.462 e. The number of esters is 4. The molecule has 0 aromatic rings. The Morgan fingerprint density at radius 2 is 0.573 bits per heavy atom. The highest BCUT2D eigenvalue weighted by Crippen LogP contribution is 2.45. The van der Waals surface area contributed by atoms with Crippen LogP contribution in [-0.2, 0) is 65.4 Å². The number of hydrogen-bond donors (Lipinski definition) is 3. The molecule has 0 aliphatic rings. The Balaban J connectivity index is 5.15. The van der Waals surface area contributed by atoms with Crippen LogP contribution < -0.4 is 0 Å². The van der Waals surface area contributed by atoms with Gasteiger partial charge in [0.2, 0.25) is 0 Å². The van der Waals surface area contributed by atoms with Gasteiger partial charge in [0.05, 0.1) is 26.4 Å². The Kier molecular flexibility index (Phi) is 59.6. The zero-order valence-corrected chi connectivity index (χ0v) is 59.7. The lowest BCUT2D eigenvalue weighted by Gasteiger charge is -2.21. The largest absolute Gasteiger partial charge is 0.472 e. The number of unbranched alkanes of at least 4 members (excludes halogenated alkanes) is 35. The molecule has 0 amide bonds. The maximum Gasteiger partial charge on any atom is 0.472 e. The molecule has 528 valence electrons. The Morgan fingerprint density at radius 1 is 0.326 bits per heavy atom. The summed E-state index contributed by atoms with van der Waals surface area (Å²) in [7, 11) is -9.89. The van der Waals surface area contributed by atoms with Gasteiger partial charge in [0.15, 0.2) is 12.2 Å². The van der Waals surface area contributed by atoms with E-state index >= 15 is 0 Å². The number of phosphoric ester groups is 2. The van der Waals surface area contributed by atoms with Crippen LogP contribution in [0.25, 0.3) is 0 Å². The maximum absolute atomic E-state index is 13.0. The van der Waals surface area contributed by atoms with Gasteiger partial charge in [-0.25, -0.2) is 9.13 Å². The number of hydrogen-bond acceptors (Lipinski definition) is 15. The SMILES string of the molecule is CCCCCCCC(=O)OC[C@H](COP(=O)(O)OC[C@H](O)COP(=O)(O)OC[C@@H](COC(=O)CCCCCCCCCCCCC(C)CC)OC(=O)CCCCCCCCCCCCCCCCCCC(C)C)OC(=O)CCCCCCCCCCC(C)C. The molecule has 0 rings (SSSR count). The summed E-state index contributed by atoms with van der Waals surface area (Å²) in [6.45, 7) is 11.8. The second kappa shape index (κ2) is 61.0. The van der Waals surface area contributed by atoms with Crippen LogP contribution in [0.2, 0.25) is 0 Å². The number of carbonyl (C=O) groups is 4. The number of rotatable bonds is 68. The van der Waals surface area contributed by atoms with Crippen LogP contribution in [0.15, 0.2) is 0 Å². The molecule has 0 heterocycles. The first-order valence-electron chi connectivity index (χ1n) is 36.4. The Hall–Kier alpha value is -1.94. The predicted molar refractivity (Wildman–Crippen MR) is 358 cm³/mol. The molecule has 3 unspecified atom stereocenters. The first-order valence-corrected chi connectivity index (χ1v) is 39.4. The molecule has 19 heteroatoms. The monoisotopic (exact) mass is 1310 g/mol. The van der Waals surface area contributed by atoms with Crippen molar-refractivity contribution in [2.75, 3.05) is 39.6 Å². The molecule has 0 fully saturated rings. The third-order valence-corrected chi connectivity index (χ3v) is 18.4. The van der Waals surface area contributed by atoms with E-state index in [1.54, 1.807) is 0 Å². The molecule has 0 saturated carbocycles. The summed E-state index contributed by atoms with van der Waals surface area (Å²) in [5, 5.41) is 10.6. The van der Waals surface area contributed by atoms with Crippen molar-refractivity contribution in [1.29, 1.82) is 0 Å². The fourth-order valence-electron chi connectivity index (χ4n) is 10.5. The van der Waals surface area contributed by atoms with E-state index in [1.165, 1.54) is 154 Å². The van der Waals surface area contributed by atoms with E-state index < -0.39 is 97.5 Å². The molecule has 0 aliphatic heterocycles. The van der Waals surface area contributed by atoms with Crippen molar-refractivity contribution in [2.45, 2.75) is 369 Å². The van der Waals surface area contributed by atoms with Gasteiger partial charge in [0.25, 0.3) is 0 Å². The molecule has 6 atom stereocenters. The van der Waals surface area contributed by atoms with Crippen molar-refractivity contribution in [2.24, 2.45) is 17.8 Å². The van der Waals surface area contributed by atoms with Gasteiger partial charge in [0, 0.05) is 25.7 Å². The van der Waals surface area contributed by atoms with E-state index in [0.29, 0.717) is 25.7 Å². The quantitative estimate of drug-likeness (QED) is 0.0222. The van der Waals surface area contributed by atoms with Crippen molar-refractivity contribution < 1.29 is 80.2 Å². The summed E-state index contributed by atoms with van der Waals surface area (Å²) in [5.74, 6) is 0.199. The van der Waals surface area contributed by atoms with Gasteiger partial charge in [-0.05, 0) is 43.4 Å². The maximum atomic E-state index is 13.0. The predicted octanol–water partition coefficient (Wildman–Crippen LogP) is 19.8. The fraction of sp³-hybridized carbons (Fsp3) is 0.943. The van der Waals surface area contributed by atoms with Gasteiger partial charge < -0.3 is 33.8 Å². The second-order valence-electron chi connectivity index (χ2n) is 26.5. The third kappa shape index (κ3) is 63.2. The van der Waals surface area contributed by atoms with Gasteiger partial charge in [-0.1, -0.05) is 299 Å². The van der Waals surface area contributed by atoms with Crippen molar-refractivity contribution in [1.82, 2.24) is 0 Å². The lowest BCUT2D eigenvalue weighted by Crippen LogP contribution is -2.30. The number of carbonyl (C=O) groups excluding carboxylic acids is 4.